The molecule has 0 heterocycles. The standard InChI is InChI=1S/C9H21N.C5H11Cl/c1-5-7(3)9(10)8(4)6-2;1-2-3-4-5-6/h7-9H,5-6,10H2,1-4H3;2-5H2,1H3. The van der Waals surface area contributed by atoms with E-state index in [2.05, 4.69) is 34.6 Å². The van der Waals surface area contributed by atoms with Crippen molar-refractivity contribution in [2.24, 2.45) is 17.6 Å². The SMILES string of the molecule is CCC(C)C(N)C(C)CC.CCCCCCl. The van der Waals surface area contributed by atoms with E-state index in [0.717, 1.165) is 5.88 Å². The Bertz CT molecular complexity index is 114. The topological polar surface area (TPSA) is 26.0 Å². The van der Waals surface area contributed by atoms with Crippen LogP contribution < -0.4 is 5.73 Å². The van der Waals surface area contributed by atoms with E-state index < -0.39 is 0 Å². The number of nitrogens with two attached hydrogens (primary N) is 1. The Labute approximate surface area is 108 Å². The van der Waals surface area contributed by atoms with Crippen molar-refractivity contribution in [3.05, 3.63) is 0 Å². The Balaban J connectivity index is 0. The van der Waals surface area contributed by atoms with Crippen LogP contribution in [0.5, 0.6) is 0 Å². The van der Waals surface area contributed by atoms with E-state index in [1.54, 1.807) is 0 Å². The fourth-order valence-corrected chi connectivity index (χ4v) is 1.64. The lowest BCUT2D eigenvalue weighted by Gasteiger charge is -2.23. The summed E-state index contributed by atoms with van der Waals surface area (Å²) in [6, 6.07) is 0.398. The van der Waals surface area contributed by atoms with Crippen LogP contribution in [0.4, 0.5) is 0 Å². The Morgan fingerprint density at radius 1 is 0.938 bits per heavy atom. The molecule has 0 radical (unpaired) electrons. The maximum Gasteiger partial charge on any atom is 0.0223 e. The second kappa shape index (κ2) is 13.3. The summed E-state index contributed by atoms with van der Waals surface area (Å²) in [7, 11) is 0. The van der Waals surface area contributed by atoms with Gasteiger partial charge < -0.3 is 5.73 Å². The lowest BCUT2D eigenvalue weighted by atomic mass is 9.88. The minimum absolute atomic E-state index is 0.398. The highest BCUT2D eigenvalue weighted by molar-refractivity contribution is 6.17. The van der Waals surface area contributed by atoms with Crippen LogP contribution in [0.3, 0.4) is 0 Å². The second-order valence-electron chi connectivity index (χ2n) is 4.74. The van der Waals surface area contributed by atoms with Crippen molar-refractivity contribution in [3.8, 4) is 0 Å². The quantitative estimate of drug-likeness (QED) is 0.508. The fourth-order valence-electron chi connectivity index (χ4n) is 1.45. The summed E-state index contributed by atoms with van der Waals surface area (Å²) in [4.78, 5) is 0. The molecule has 0 fully saturated rings. The van der Waals surface area contributed by atoms with Gasteiger partial charge in [-0.25, -0.2) is 0 Å². The molecule has 1 nitrogen and oxygen atoms in total. The highest BCUT2D eigenvalue weighted by atomic mass is 35.5. The van der Waals surface area contributed by atoms with Crippen molar-refractivity contribution in [3.63, 3.8) is 0 Å². The molecular formula is C14H32ClN. The van der Waals surface area contributed by atoms with E-state index in [9.17, 15) is 0 Å². The second-order valence-corrected chi connectivity index (χ2v) is 5.12. The molecule has 100 valence electrons. The van der Waals surface area contributed by atoms with Gasteiger partial charge in [0.05, 0.1) is 0 Å². The minimum atomic E-state index is 0.398. The first-order valence-electron chi connectivity index (χ1n) is 6.86. The van der Waals surface area contributed by atoms with Crippen LogP contribution in [0.2, 0.25) is 0 Å². The number of hydrogen-bond donors (Lipinski definition) is 1. The molecule has 0 aliphatic heterocycles. The highest BCUT2D eigenvalue weighted by Gasteiger charge is 2.15. The van der Waals surface area contributed by atoms with Gasteiger partial charge in [-0.15, -0.1) is 11.6 Å². The van der Waals surface area contributed by atoms with Crippen LogP contribution in [-0.4, -0.2) is 11.9 Å². The van der Waals surface area contributed by atoms with Gasteiger partial charge in [-0.1, -0.05) is 60.3 Å². The molecule has 0 aromatic carbocycles. The van der Waals surface area contributed by atoms with Crippen LogP contribution in [0, 0.1) is 11.8 Å². The molecule has 0 bridgehead atoms. The van der Waals surface area contributed by atoms with Crippen molar-refractivity contribution in [2.75, 3.05) is 5.88 Å². The van der Waals surface area contributed by atoms with Crippen LogP contribution >= 0.6 is 11.6 Å². The molecule has 2 N–H and O–H groups in total. The normalized spacial score (nSPS) is 15.9. The summed E-state index contributed by atoms with van der Waals surface area (Å²) in [5.74, 6) is 2.18. The average Bonchev–Trinajstić information content (AvgIpc) is 2.34. The van der Waals surface area contributed by atoms with Crippen molar-refractivity contribution in [2.45, 2.75) is 72.8 Å². The molecule has 0 spiro atoms. The van der Waals surface area contributed by atoms with Crippen LogP contribution in [0.15, 0.2) is 0 Å². The van der Waals surface area contributed by atoms with Gasteiger partial charge in [-0.05, 0) is 18.3 Å². The molecule has 0 saturated heterocycles. The lowest BCUT2D eigenvalue weighted by Crippen LogP contribution is -2.34. The first kappa shape index (κ1) is 18.6. The number of hydrogen-bond acceptors (Lipinski definition) is 1. The molecule has 0 aliphatic rings. The van der Waals surface area contributed by atoms with Gasteiger partial charge in [0.15, 0.2) is 0 Å². The Hall–Kier alpha value is 0.250. The van der Waals surface area contributed by atoms with E-state index in [1.165, 1.54) is 32.1 Å². The summed E-state index contributed by atoms with van der Waals surface area (Å²) in [5.41, 5.74) is 5.98. The third-order valence-corrected chi connectivity index (χ3v) is 3.61. The van der Waals surface area contributed by atoms with E-state index in [0.29, 0.717) is 17.9 Å². The highest BCUT2D eigenvalue weighted by Crippen LogP contribution is 2.15. The van der Waals surface area contributed by atoms with Gasteiger partial charge in [0, 0.05) is 11.9 Å². The zero-order valence-corrected chi connectivity index (χ0v) is 12.7. The van der Waals surface area contributed by atoms with Crippen LogP contribution in [0.1, 0.15) is 66.7 Å². The van der Waals surface area contributed by atoms with Crippen LogP contribution in [-0.2, 0) is 0 Å². The third kappa shape index (κ3) is 10.8. The van der Waals surface area contributed by atoms with E-state index in [1.807, 2.05) is 0 Å². The largest absolute Gasteiger partial charge is 0.327 e. The summed E-state index contributed by atoms with van der Waals surface area (Å²) in [6.45, 7) is 11.0. The Morgan fingerprint density at radius 2 is 1.38 bits per heavy atom. The van der Waals surface area contributed by atoms with E-state index in [4.69, 9.17) is 17.3 Å². The minimum Gasteiger partial charge on any atom is -0.327 e. The molecule has 0 saturated carbocycles. The Kier molecular flexibility index (Phi) is 15.5. The summed E-state index contributed by atoms with van der Waals surface area (Å²) in [6.07, 6.45) is 6.13. The molecule has 0 aromatic rings. The van der Waals surface area contributed by atoms with Crippen LogP contribution in [0.25, 0.3) is 0 Å². The Morgan fingerprint density at radius 3 is 1.56 bits per heavy atom. The van der Waals surface area contributed by atoms with Crippen molar-refractivity contribution >= 4 is 11.6 Å². The first-order valence-corrected chi connectivity index (χ1v) is 7.39. The molecule has 0 amide bonds. The van der Waals surface area contributed by atoms with Crippen molar-refractivity contribution in [1.82, 2.24) is 0 Å². The van der Waals surface area contributed by atoms with Gasteiger partial charge in [-0.2, -0.15) is 0 Å². The fraction of sp³-hybridized carbons (Fsp3) is 1.00. The van der Waals surface area contributed by atoms with Gasteiger partial charge in [0.25, 0.3) is 0 Å². The van der Waals surface area contributed by atoms with E-state index >= 15 is 0 Å². The van der Waals surface area contributed by atoms with Crippen molar-refractivity contribution in [1.29, 1.82) is 0 Å². The molecule has 2 heteroatoms. The molecular weight excluding hydrogens is 218 g/mol. The zero-order chi connectivity index (χ0) is 13.0. The van der Waals surface area contributed by atoms with Gasteiger partial charge >= 0.3 is 0 Å². The zero-order valence-electron chi connectivity index (χ0n) is 11.9. The number of rotatable bonds is 7. The maximum absolute atomic E-state index is 5.98. The third-order valence-electron chi connectivity index (χ3n) is 3.34. The molecule has 0 aromatic heterocycles. The maximum atomic E-state index is 5.98. The molecule has 0 rings (SSSR count). The number of unbranched alkanes of at least 4 members (excludes halogenated alkanes) is 2. The molecule has 0 aliphatic carbocycles. The van der Waals surface area contributed by atoms with Gasteiger partial charge in [0.2, 0.25) is 0 Å². The van der Waals surface area contributed by atoms with Gasteiger partial charge in [0.1, 0.15) is 0 Å². The number of halogens is 1. The molecule has 2 atom stereocenters. The summed E-state index contributed by atoms with van der Waals surface area (Å²) < 4.78 is 0. The summed E-state index contributed by atoms with van der Waals surface area (Å²) >= 11 is 5.38. The molecule has 2 unspecified atom stereocenters. The lowest BCUT2D eigenvalue weighted by molar-refractivity contribution is 0.330. The predicted molar refractivity (Wildman–Crippen MR) is 77.1 cm³/mol. The average molecular weight is 250 g/mol. The molecule has 16 heavy (non-hydrogen) atoms. The van der Waals surface area contributed by atoms with E-state index in [-0.39, 0.29) is 0 Å². The predicted octanol–water partition coefficient (Wildman–Crippen LogP) is 4.82. The number of alkyl halides is 1. The first-order chi connectivity index (χ1) is 7.54. The monoisotopic (exact) mass is 249 g/mol. The summed E-state index contributed by atoms with van der Waals surface area (Å²) in [5, 5.41) is 0. The van der Waals surface area contributed by atoms with Gasteiger partial charge in [-0.3, -0.25) is 0 Å². The smallest absolute Gasteiger partial charge is 0.0223 e. The van der Waals surface area contributed by atoms with Crippen molar-refractivity contribution < 1.29 is 0 Å².